The Hall–Kier alpha value is -0.830. The van der Waals surface area contributed by atoms with Crippen molar-refractivity contribution in [2.24, 2.45) is 5.73 Å². The van der Waals surface area contributed by atoms with Crippen LogP contribution in [-0.2, 0) is 11.2 Å². The van der Waals surface area contributed by atoms with Gasteiger partial charge >= 0.3 is 5.97 Å². The lowest BCUT2D eigenvalue weighted by molar-refractivity contribution is -0.138. The van der Waals surface area contributed by atoms with Gasteiger partial charge in [0.25, 0.3) is 0 Å². The third kappa shape index (κ3) is 8.91. The zero-order chi connectivity index (χ0) is 23.7. The van der Waals surface area contributed by atoms with Crippen molar-refractivity contribution >= 4 is 61.0 Å². The van der Waals surface area contributed by atoms with Gasteiger partial charge in [-0.2, -0.15) is 0 Å². The molecule has 0 radical (unpaired) electrons. The second-order valence-electron chi connectivity index (χ2n) is 6.79. The summed E-state index contributed by atoms with van der Waals surface area (Å²) in [6.07, 6.45) is 0.202. The van der Waals surface area contributed by atoms with Crippen molar-refractivity contribution in [3.63, 3.8) is 0 Å². The summed E-state index contributed by atoms with van der Waals surface area (Å²) in [7, 11) is 0. The third-order valence-electron chi connectivity index (χ3n) is 4.57. The first-order valence-corrected chi connectivity index (χ1v) is 12.2. The van der Waals surface area contributed by atoms with Crippen molar-refractivity contribution in [3.8, 4) is 11.5 Å². The molecule has 0 aliphatic rings. The molecule has 0 heterocycles. The maximum atomic E-state index is 10.9. The number of hydrogen-bond donors (Lipinski definition) is 2. The van der Waals surface area contributed by atoms with Crippen LogP contribution < -0.4 is 10.5 Å². The summed E-state index contributed by atoms with van der Waals surface area (Å²) in [5.41, 5.74) is 7.13. The molecule has 1 atom stereocenters. The Morgan fingerprint density at radius 1 is 1.06 bits per heavy atom. The van der Waals surface area contributed by atoms with E-state index in [2.05, 4.69) is 57.5 Å². The fourth-order valence-electron chi connectivity index (χ4n) is 2.76. The number of hydrogen-bond acceptors (Lipinski definition) is 4. The van der Waals surface area contributed by atoms with Crippen LogP contribution in [0.1, 0.15) is 31.9 Å². The predicted octanol–water partition coefficient (Wildman–Crippen LogP) is 6.92. The molecule has 172 valence electrons. The van der Waals surface area contributed by atoms with Crippen LogP contribution in [0, 0.1) is 6.92 Å². The second-order valence-corrected chi connectivity index (χ2v) is 9.34. The van der Waals surface area contributed by atoms with Crippen LogP contribution in [0.4, 0.5) is 0 Å². The van der Waals surface area contributed by atoms with Gasteiger partial charge in [-0.25, -0.2) is 0 Å². The van der Waals surface area contributed by atoms with Gasteiger partial charge in [0.2, 0.25) is 0 Å². The molecule has 0 amide bonds. The average molecular weight is 599 g/mol. The lowest BCUT2D eigenvalue weighted by atomic mass is 10.1. The van der Waals surface area contributed by atoms with Crippen molar-refractivity contribution in [1.29, 1.82) is 0 Å². The molecule has 3 N–H and O–H groups in total. The van der Waals surface area contributed by atoms with Crippen LogP contribution in [0.15, 0.2) is 33.2 Å². The van der Waals surface area contributed by atoms with Gasteiger partial charge in [0, 0.05) is 5.02 Å². The summed E-state index contributed by atoms with van der Waals surface area (Å²) in [5, 5.41) is 9.84. The average Bonchev–Trinajstić information content (AvgIpc) is 2.68. The molecular formula is C22H28Br2Cl2N2O3. The molecule has 2 rings (SSSR count). The van der Waals surface area contributed by atoms with Crippen molar-refractivity contribution in [3.05, 3.63) is 54.4 Å². The molecule has 31 heavy (non-hydrogen) atoms. The number of halogens is 4. The van der Waals surface area contributed by atoms with E-state index in [1.54, 1.807) is 24.3 Å². The summed E-state index contributed by atoms with van der Waals surface area (Å²) in [5.74, 6) is -0.0291. The Labute approximate surface area is 211 Å². The van der Waals surface area contributed by atoms with Crippen LogP contribution in [-0.4, -0.2) is 41.7 Å². The molecule has 0 aliphatic carbocycles. The first-order chi connectivity index (χ1) is 14.5. The van der Waals surface area contributed by atoms with E-state index in [1.807, 2.05) is 6.92 Å². The first-order valence-electron chi connectivity index (χ1n) is 9.86. The molecular weight excluding hydrogens is 571 g/mol. The molecule has 2 aromatic carbocycles. The zero-order valence-electron chi connectivity index (χ0n) is 18.0. The fourth-order valence-corrected chi connectivity index (χ4v) is 4.84. The van der Waals surface area contributed by atoms with Crippen LogP contribution in [0.25, 0.3) is 0 Å². The van der Waals surface area contributed by atoms with Gasteiger partial charge in [-0.15, -0.1) is 0 Å². The van der Waals surface area contributed by atoms with E-state index in [4.69, 9.17) is 38.8 Å². The van der Waals surface area contributed by atoms with Crippen LogP contribution in [0.5, 0.6) is 11.5 Å². The minimum absolute atomic E-state index is 0.202. The van der Waals surface area contributed by atoms with Crippen LogP contribution in [0.2, 0.25) is 10.0 Å². The molecule has 2 aromatic rings. The molecule has 0 aliphatic heterocycles. The number of benzene rings is 2. The van der Waals surface area contributed by atoms with E-state index in [0.717, 1.165) is 11.1 Å². The van der Waals surface area contributed by atoms with Gasteiger partial charge < -0.3 is 20.5 Å². The van der Waals surface area contributed by atoms with Crippen molar-refractivity contribution < 1.29 is 14.6 Å². The molecule has 9 heteroatoms. The molecule has 0 saturated heterocycles. The number of carboxylic acids is 1. The monoisotopic (exact) mass is 596 g/mol. The second kappa shape index (κ2) is 13.7. The van der Waals surface area contributed by atoms with E-state index in [0.29, 0.717) is 30.5 Å². The summed E-state index contributed by atoms with van der Waals surface area (Å²) < 4.78 is 7.23. The summed E-state index contributed by atoms with van der Waals surface area (Å²) in [4.78, 5) is 13.3. The normalized spacial score (nSPS) is 11.7. The molecule has 1 unspecified atom stereocenters. The quantitative estimate of drug-likeness (QED) is 0.345. The van der Waals surface area contributed by atoms with E-state index in [-0.39, 0.29) is 6.42 Å². The number of aliphatic carboxylic acids is 1. The number of nitrogens with two attached hydrogens (primary N) is 1. The van der Waals surface area contributed by atoms with Gasteiger partial charge in [-0.3, -0.25) is 4.79 Å². The molecule has 0 spiro atoms. The topological polar surface area (TPSA) is 75.8 Å². The number of carbonyl (C=O) groups is 1. The maximum absolute atomic E-state index is 10.9. The lowest BCUT2D eigenvalue weighted by Crippen LogP contribution is -2.32. The van der Waals surface area contributed by atoms with E-state index in [1.165, 1.54) is 19.6 Å². The number of aryl methyl sites for hydroxylation is 1. The molecule has 0 fully saturated rings. The zero-order valence-corrected chi connectivity index (χ0v) is 22.7. The lowest BCUT2D eigenvalue weighted by Gasteiger charge is -2.15. The fraction of sp³-hybridized carbons (Fsp3) is 0.409. The number of nitrogens with zero attached hydrogens (tertiary/aromatic N) is 1. The van der Waals surface area contributed by atoms with Gasteiger partial charge in [0.1, 0.15) is 11.8 Å². The van der Waals surface area contributed by atoms with Crippen LogP contribution >= 0.6 is 55.1 Å². The standard InChI is InChI=1S/C16H13Br2Cl2NO3.C6H15N/c1-7-2-9(19)6-12(20)14(7)24-15-10(17)3-8(4-11(15)18)5-13(21)16(22)23;1-4-7(5-2)6-3/h2-4,6,13H,5,21H2,1H3,(H,22,23);4-6H2,1-3H3. The SMILES string of the molecule is CCN(CC)CC.Cc1cc(Cl)cc(Cl)c1Oc1c(Br)cc(CC(N)C(=O)O)cc1Br. The third-order valence-corrected chi connectivity index (χ3v) is 6.25. The maximum Gasteiger partial charge on any atom is 0.320 e. The minimum atomic E-state index is -1.05. The van der Waals surface area contributed by atoms with Crippen LogP contribution in [0.3, 0.4) is 0 Å². The Morgan fingerprint density at radius 3 is 1.97 bits per heavy atom. The van der Waals surface area contributed by atoms with Gasteiger partial charge in [0.05, 0.1) is 14.0 Å². The number of rotatable bonds is 8. The van der Waals surface area contributed by atoms with Crippen molar-refractivity contribution in [2.45, 2.75) is 40.2 Å². The highest BCUT2D eigenvalue weighted by molar-refractivity contribution is 9.11. The first kappa shape index (κ1) is 28.2. The van der Waals surface area contributed by atoms with E-state index in [9.17, 15) is 4.79 Å². The molecule has 5 nitrogen and oxygen atoms in total. The Kier molecular flexibility index (Phi) is 12.4. The largest absolute Gasteiger partial charge is 0.480 e. The summed E-state index contributed by atoms with van der Waals surface area (Å²) in [6.45, 7) is 12.0. The van der Waals surface area contributed by atoms with E-state index >= 15 is 0 Å². The number of ether oxygens (including phenoxy) is 1. The summed E-state index contributed by atoms with van der Waals surface area (Å²) >= 11 is 19.0. The van der Waals surface area contributed by atoms with Crippen molar-refractivity contribution in [1.82, 2.24) is 4.90 Å². The highest BCUT2D eigenvalue weighted by Crippen LogP contribution is 2.42. The van der Waals surface area contributed by atoms with Gasteiger partial charge in [-0.1, -0.05) is 44.0 Å². The smallest absolute Gasteiger partial charge is 0.320 e. The van der Waals surface area contributed by atoms with E-state index < -0.39 is 12.0 Å². The highest BCUT2D eigenvalue weighted by atomic mass is 79.9. The van der Waals surface area contributed by atoms with Gasteiger partial charge in [0.15, 0.2) is 5.75 Å². The molecule has 0 aromatic heterocycles. The summed E-state index contributed by atoms with van der Waals surface area (Å²) in [6, 6.07) is 5.92. The number of carboxylic acid groups (broad SMARTS) is 1. The Balaban J connectivity index is 0.000000592. The Morgan fingerprint density at radius 2 is 1.58 bits per heavy atom. The molecule has 0 saturated carbocycles. The van der Waals surface area contributed by atoms with Gasteiger partial charge in [-0.05, 0) is 100 Å². The van der Waals surface area contributed by atoms with Crippen molar-refractivity contribution in [2.75, 3.05) is 19.6 Å². The molecule has 0 bridgehead atoms. The Bertz CT molecular complexity index is 842. The predicted molar refractivity (Wildman–Crippen MR) is 136 cm³/mol. The highest BCUT2D eigenvalue weighted by Gasteiger charge is 2.17. The minimum Gasteiger partial charge on any atom is -0.480 e.